The highest BCUT2D eigenvalue weighted by molar-refractivity contribution is 5.85. The van der Waals surface area contributed by atoms with Crippen LogP contribution in [0.4, 0.5) is 5.82 Å². The standard InChI is InChI=1S/C19H19N5/c1-14-20-21-18-10-11-19(22-24(14)18)23(2)13-12-16-8-5-7-15-6-3-4-9-17(15)16/h3-11H,12-13H2,1-2H3. The Hall–Kier alpha value is -2.95. The molecule has 0 aliphatic rings. The van der Waals surface area contributed by atoms with Crippen molar-refractivity contribution >= 4 is 22.2 Å². The van der Waals surface area contributed by atoms with Crippen molar-refractivity contribution in [2.24, 2.45) is 0 Å². The smallest absolute Gasteiger partial charge is 0.178 e. The first-order valence-electron chi connectivity index (χ1n) is 8.09. The SMILES string of the molecule is Cc1nnc2ccc(N(C)CCc3cccc4ccccc34)nn12. The average molecular weight is 317 g/mol. The normalized spacial score (nSPS) is 11.2. The Morgan fingerprint density at radius 3 is 2.71 bits per heavy atom. The fraction of sp³-hybridized carbons (Fsp3) is 0.211. The minimum absolute atomic E-state index is 0.777. The van der Waals surface area contributed by atoms with Crippen molar-refractivity contribution in [2.75, 3.05) is 18.5 Å². The van der Waals surface area contributed by atoms with Gasteiger partial charge in [-0.3, -0.25) is 0 Å². The molecule has 0 amide bonds. The zero-order valence-corrected chi connectivity index (χ0v) is 13.8. The first kappa shape index (κ1) is 14.6. The van der Waals surface area contributed by atoms with Gasteiger partial charge in [-0.2, -0.15) is 4.52 Å². The number of aromatic nitrogens is 4. The maximum Gasteiger partial charge on any atom is 0.178 e. The van der Waals surface area contributed by atoms with Gasteiger partial charge in [-0.1, -0.05) is 42.5 Å². The predicted octanol–water partition coefficient (Wildman–Crippen LogP) is 3.26. The molecule has 2 aromatic carbocycles. The lowest BCUT2D eigenvalue weighted by atomic mass is 10.0. The Balaban J connectivity index is 1.56. The molecule has 0 N–H and O–H groups in total. The van der Waals surface area contributed by atoms with E-state index < -0.39 is 0 Å². The molecular formula is C19H19N5. The van der Waals surface area contributed by atoms with Crippen LogP contribution in [0, 0.1) is 6.92 Å². The van der Waals surface area contributed by atoms with E-state index in [1.165, 1.54) is 16.3 Å². The number of fused-ring (bicyclic) bond motifs is 2. The molecular weight excluding hydrogens is 298 g/mol. The van der Waals surface area contributed by atoms with Gasteiger partial charge in [0.2, 0.25) is 0 Å². The first-order valence-corrected chi connectivity index (χ1v) is 8.09. The predicted molar refractivity (Wildman–Crippen MR) is 96.4 cm³/mol. The highest BCUT2D eigenvalue weighted by Gasteiger charge is 2.08. The molecule has 0 aliphatic heterocycles. The molecule has 0 saturated carbocycles. The van der Waals surface area contributed by atoms with E-state index in [0.717, 1.165) is 30.3 Å². The molecule has 2 heterocycles. The summed E-state index contributed by atoms with van der Waals surface area (Å²) in [6.07, 6.45) is 0.971. The number of rotatable bonds is 4. The summed E-state index contributed by atoms with van der Waals surface area (Å²) in [5.74, 6) is 1.72. The Labute approximate surface area is 140 Å². The largest absolute Gasteiger partial charge is 0.358 e. The lowest BCUT2D eigenvalue weighted by molar-refractivity contribution is 0.809. The second-order valence-corrected chi connectivity index (χ2v) is 6.02. The maximum absolute atomic E-state index is 4.63. The molecule has 0 unspecified atom stereocenters. The van der Waals surface area contributed by atoms with Crippen LogP contribution < -0.4 is 4.90 Å². The summed E-state index contributed by atoms with van der Waals surface area (Å²) in [4.78, 5) is 2.17. The van der Waals surface area contributed by atoms with Crippen molar-refractivity contribution in [2.45, 2.75) is 13.3 Å². The van der Waals surface area contributed by atoms with Gasteiger partial charge < -0.3 is 4.90 Å². The van der Waals surface area contributed by atoms with Crippen LogP contribution >= 0.6 is 0 Å². The molecule has 5 heteroatoms. The van der Waals surface area contributed by atoms with E-state index in [1.54, 1.807) is 4.52 Å². The summed E-state index contributed by atoms with van der Waals surface area (Å²) < 4.78 is 1.78. The highest BCUT2D eigenvalue weighted by Crippen LogP contribution is 2.20. The summed E-state index contributed by atoms with van der Waals surface area (Å²) >= 11 is 0. The molecule has 0 atom stereocenters. The molecule has 5 nitrogen and oxygen atoms in total. The number of aryl methyl sites for hydroxylation is 1. The van der Waals surface area contributed by atoms with E-state index in [4.69, 9.17) is 0 Å². The highest BCUT2D eigenvalue weighted by atomic mass is 15.4. The maximum atomic E-state index is 4.63. The van der Waals surface area contributed by atoms with Crippen LogP contribution in [-0.2, 0) is 6.42 Å². The van der Waals surface area contributed by atoms with Gasteiger partial charge in [-0.15, -0.1) is 15.3 Å². The van der Waals surface area contributed by atoms with Gasteiger partial charge in [-0.05, 0) is 41.8 Å². The Morgan fingerprint density at radius 2 is 1.79 bits per heavy atom. The van der Waals surface area contributed by atoms with Gasteiger partial charge in [0.1, 0.15) is 5.82 Å². The molecule has 0 spiro atoms. The number of nitrogens with zero attached hydrogens (tertiary/aromatic N) is 5. The van der Waals surface area contributed by atoms with Crippen molar-refractivity contribution in [1.29, 1.82) is 0 Å². The van der Waals surface area contributed by atoms with E-state index in [1.807, 2.05) is 19.1 Å². The van der Waals surface area contributed by atoms with Gasteiger partial charge in [0.25, 0.3) is 0 Å². The number of benzene rings is 2. The second kappa shape index (κ2) is 5.92. The molecule has 0 fully saturated rings. The van der Waals surface area contributed by atoms with Crippen molar-refractivity contribution in [3.8, 4) is 0 Å². The van der Waals surface area contributed by atoms with Crippen LogP contribution in [0.2, 0.25) is 0 Å². The summed E-state index contributed by atoms with van der Waals surface area (Å²) in [5.41, 5.74) is 2.14. The molecule has 4 rings (SSSR count). The fourth-order valence-corrected chi connectivity index (χ4v) is 3.00. The molecule has 0 bridgehead atoms. The van der Waals surface area contributed by atoms with E-state index in [0.29, 0.717) is 0 Å². The third kappa shape index (κ3) is 2.58. The molecule has 0 aliphatic carbocycles. The fourth-order valence-electron chi connectivity index (χ4n) is 3.00. The lowest BCUT2D eigenvalue weighted by Gasteiger charge is -2.18. The van der Waals surface area contributed by atoms with Crippen molar-refractivity contribution in [1.82, 2.24) is 19.8 Å². The van der Waals surface area contributed by atoms with Crippen molar-refractivity contribution < 1.29 is 0 Å². The van der Waals surface area contributed by atoms with Crippen LogP contribution in [0.15, 0.2) is 54.6 Å². The van der Waals surface area contributed by atoms with Gasteiger partial charge in [0, 0.05) is 13.6 Å². The van der Waals surface area contributed by atoms with Crippen molar-refractivity contribution in [3.63, 3.8) is 0 Å². The number of hydrogen-bond acceptors (Lipinski definition) is 4. The zero-order chi connectivity index (χ0) is 16.5. The quantitative estimate of drug-likeness (QED) is 0.579. The van der Waals surface area contributed by atoms with Crippen molar-refractivity contribution in [3.05, 3.63) is 66.0 Å². The summed E-state index contributed by atoms with van der Waals surface area (Å²) in [7, 11) is 2.07. The van der Waals surface area contributed by atoms with Crippen LogP contribution in [0.5, 0.6) is 0 Å². The van der Waals surface area contributed by atoms with E-state index >= 15 is 0 Å². The van der Waals surface area contributed by atoms with E-state index in [2.05, 4.69) is 69.7 Å². The van der Waals surface area contributed by atoms with Crippen LogP contribution in [-0.4, -0.2) is 33.4 Å². The summed E-state index contributed by atoms with van der Waals surface area (Å²) in [6.45, 7) is 2.81. The molecule has 4 aromatic rings. The number of hydrogen-bond donors (Lipinski definition) is 0. The summed E-state index contributed by atoms with van der Waals surface area (Å²) in [6, 6.07) is 19.0. The second-order valence-electron chi connectivity index (χ2n) is 6.02. The monoisotopic (exact) mass is 317 g/mol. The van der Waals surface area contributed by atoms with Gasteiger partial charge in [0.15, 0.2) is 11.5 Å². The third-order valence-electron chi connectivity index (χ3n) is 4.39. The van der Waals surface area contributed by atoms with Crippen LogP contribution in [0.3, 0.4) is 0 Å². The molecule has 2 aromatic heterocycles. The Kier molecular flexibility index (Phi) is 3.61. The van der Waals surface area contributed by atoms with Gasteiger partial charge in [-0.25, -0.2) is 0 Å². The molecule has 0 radical (unpaired) electrons. The first-order chi connectivity index (χ1) is 11.7. The summed E-state index contributed by atoms with van der Waals surface area (Å²) in [5, 5.41) is 15.4. The zero-order valence-electron chi connectivity index (χ0n) is 13.8. The van der Waals surface area contributed by atoms with Gasteiger partial charge >= 0.3 is 0 Å². The topological polar surface area (TPSA) is 46.3 Å². The Bertz CT molecular complexity index is 1000. The van der Waals surface area contributed by atoms with Crippen LogP contribution in [0.25, 0.3) is 16.4 Å². The molecule has 24 heavy (non-hydrogen) atoms. The lowest BCUT2D eigenvalue weighted by Crippen LogP contribution is -2.22. The molecule has 0 saturated heterocycles. The van der Waals surface area contributed by atoms with Crippen LogP contribution in [0.1, 0.15) is 11.4 Å². The number of anilines is 1. The molecule has 120 valence electrons. The van der Waals surface area contributed by atoms with E-state index in [-0.39, 0.29) is 0 Å². The Morgan fingerprint density at radius 1 is 0.958 bits per heavy atom. The minimum atomic E-state index is 0.777. The number of likely N-dealkylation sites (N-methyl/N-ethyl adjacent to an activating group) is 1. The van der Waals surface area contributed by atoms with Gasteiger partial charge in [0.05, 0.1) is 0 Å². The van der Waals surface area contributed by atoms with E-state index in [9.17, 15) is 0 Å². The average Bonchev–Trinajstić information content (AvgIpc) is 3.00. The minimum Gasteiger partial charge on any atom is -0.358 e. The third-order valence-corrected chi connectivity index (χ3v) is 4.39.